The lowest BCUT2D eigenvalue weighted by Crippen LogP contribution is -2.44. The van der Waals surface area contributed by atoms with Crippen LogP contribution >= 0.6 is 11.6 Å². The van der Waals surface area contributed by atoms with Crippen molar-refractivity contribution in [2.75, 3.05) is 0 Å². The summed E-state index contributed by atoms with van der Waals surface area (Å²) in [7, 11) is 1.89. The number of aryl methyl sites for hydroxylation is 2. The molecule has 90 valence electrons. The number of aromatic nitrogens is 2. The Morgan fingerprint density at radius 1 is 1.56 bits per heavy atom. The van der Waals surface area contributed by atoms with Gasteiger partial charge in [0.2, 0.25) is 0 Å². The quantitative estimate of drug-likeness (QED) is 0.884. The average molecular weight is 243 g/mol. The Morgan fingerprint density at radius 2 is 2.19 bits per heavy atom. The first-order valence-electron chi connectivity index (χ1n) is 5.88. The molecule has 1 aromatic rings. The third-order valence-corrected chi connectivity index (χ3v) is 3.89. The Balaban J connectivity index is 2.18. The lowest BCUT2D eigenvalue weighted by Gasteiger charge is -2.42. The molecule has 0 amide bonds. The molecular formula is C12H19ClN2O. The average Bonchev–Trinajstić information content (AvgIpc) is 2.43. The van der Waals surface area contributed by atoms with E-state index in [1.165, 1.54) is 0 Å². The van der Waals surface area contributed by atoms with Crippen molar-refractivity contribution >= 4 is 11.6 Å². The van der Waals surface area contributed by atoms with Crippen LogP contribution in [0.5, 0.6) is 0 Å². The van der Waals surface area contributed by atoms with Gasteiger partial charge >= 0.3 is 0 Å². The maximum absolute atomic E-state index is 10.3. The second-order valence-electron chi connectivity index (χ2n) is 5.10. The summed E-state index contributed by atoms with van der Waals surface area (Å²) < 4.78 is 1.81. The number of nitrogens with zero attached hydrogens (tertiary/aromatic N) is 2. The molecule has 3 nitrogen and oxygen atoms in total. The summed E-state index contributed by atoms with van der Waals surface area (Å²) in [6, 6.07) is 0. The van der Waals surface area contributed by atoms with Crippen LogP contribution in [0.3, 0.4) is 0 Å². The summed E-state index contributed by atoms with van der Waals surface area (Å²) in [4.78, 5) is 0. The Bertz CT molecular complexity index is 394. The topological polar surface area (TPSA) is 38.0 Å². The first-order chi connectivity index (χ1) is 7.45. The molecule has 4 heteroatoms. The summed E-state index contributed by atoms with van der Waals surface area (Å²) in [5, 5.41) is 15.4. The smallest absolute Gasteiger partial charge is 0.0850 e. The normalized spacial score (nSPS) is 29.2. The molecule has 0 radical (unpaired) electrons. The largest absolute Gasteiger partial charge is 0.389 e. The van der Waals surface area contributed by atoms with Gasteiger partial charge in [0, 0.05) is 13.5 Å². The summed E-state index contributed by atoms with van der Waals surface area (Å²) in [6.07, 6.45) is 3.20. The van der Waals surface area contributed by atoms with E-state index in [2.05, 4.69) is 12.0 Å². The molecule has 1 aromatic heterocycles. The molecule has 16 heavy (non-hydrogen) atoms. The van der Waals surface area contributed by atoms with Gasteiger partial charge in [-0.05, 0) is 25.2 Å². The van der Waals surface area contributed by atoms with E-state index in [1.807, 2.05) is 18.7 Å². The van der Waals surface area contributed by atoms with E-state index >= 15 is 0 Å². The molecule has 1 fully saturated rings. The number of rotatable bonds is 3. The highest BCUT2D eigenvalue weighted by molar-refractivity contribution is 6.31. The molecular weight excluding hydrogens is 224 g/mol. The standard InChI is InChI=1S/C12H19ClN2O/c1-4-9-11(13)10(15(3)14-9)7-12(16)5-8(2)6-12/h8,16H,4-7H2,1-3H3. The van der Waals surface area contributed by atoms with Crippen molar-refractivity contribution in [2.24, 2.45) is 13.0 Å². The SMILES string of the molecule is CCc1nn(C)c(CC2(O)CC(C)C2)c1Cl. The van der Waals surface area contributed by atoms with Crippen LogP contribution < -0.4 is 0 Å². The van der Waals surface area contributed by atoms with Gasteiger partial charge in [0.15, 0.2) is 0 Å². The molecule has 2 rings (SSSR count). The van der Waals surface area contributed by atoms with Crippen LogP contribution in [0.4, 0.5) is 0 Å². The van der Waals surface area contributed by atoms with Gasteiger partial charge in [-0.3, -0.25) is 4.68 Å². The fourth-order valence-corrected chi connectivity index (χ4v) is 3.07. The molecule has 0 atom stereocenters. The minimum absolute atomic E-state index is 0.554. The van der Waals surface area contributed by atoms with Crippen molar-refractivity contribution in [1.29, 1.82) is 0 Å². The van der Waals surface area contributed by atoms with Crippen LogP contribution in [0.2, 0.25) is 5.02 Å². The Morgan fingerprint density at radius 3 is 2.62 bits per heavy atom. The molecule has 1 aliphatic rings. The van der Waals surface area contributed by atoms with Gasteiger partial charge in [-0.2, -0.15) is 5.10 Å². The molecule has 0 unspecified atom stereocenters. The first kappa shape index (κ1) is 11.9. The van der Waals surface area contributed by atoms with E-state index in [4.69, 9.17) is 11.6 Å². The molecule has 0 aliphatic heterocycles. The van der Waals surface area contributed by atoms with E-state index in [0.717, 1.165) is 35.7 Å². The van der Waals surface area contributed by atoms with E-state index in [9.17, 15) is 5.11 Å². The molecule has 0 spiro atoms. The van der Waals surface area contributed by atoms with Crippen LogP contribution in [-0.2, 0) is 19.9 Å². The Labute approximate surface area is 101 Å². The maximum Gasteiger partial charge on any atom is 0.0850 e. The molecule has 1 N–H and O–H groups in total. The molecule has 0 bridgehead atoms. The zero-order chi connectivity index (χ0) is 11.9. The van der Waals surface area contributed by atoms with Crippen molar-refractivity contribution in [3.63, 3.8) is 0 Å². The van der Waals surface area contributed by atoms with Crippen LogP contribution in [0.15, 0.2) is 0 Å². The maximum atomic E-state index is 10.3. The number of aliphatic hydroxyl groups is 1. The first-order valence-corrected chi connectivity index (χ1v) is 6.25. The van der Waals surface area contributed by atoms with E-state index in [-0.39, 0.29) is 0 Å². The molecule has 1 saturated carbocycles. The Kier molecular flexibility index (Phi) is 3.01. The van der Waals surface area contributed by atoms with Gasteiger partial charge in [0.25, 0.3) is 0 Å². The van der Waals surface area contributed by atoms with Gasteiger partial charge in [-0.1, -0.05) is 25.4 Å². The van der Waals surface area contributed by atoms with Gasteiger partial charge in [0.05, 0.1) is 22.0 Å². The summed E-state index contributed by atoms with van der Waals surface area (Å²) in [5.41, 5.74) is 1.34. The second-order valence-corrected chi connectivity index (χ2v) is 5.48. The second kappa shape index (κ2) is 4.04. The van der Waals surface area contributed by atoms with Crippen molar-refractivity contribution < 1.29 is 5.11 Å². The molecule has 0 aromatic carbocycles. The van der Waals surface area contributed by atoms with Crippen LogP contribution in [-0.4, -0.2) is 20.5 Å². The fraction of sp³-hybridized carbons (Fsp3) is 0.750. The number of halogens is 1. The van der Waals surface area contributed by atoms with Crippen LogP contribution in [0, 0.1) is 5.92 Å². The summed E-state index contributed by atoms with van der Waals surface area (Å²) in [5.74, 6) is 0.627. The zero-order valence-corrected chi connectivity index (χ0v) is 10.9. The summed E-state index contributed by atoms with van der Waals surface area (Å²) >= 11 is 6.26. The van der Waals surface area contributed by atoms with Gasteiger partial charge in [-0.25, -0.2) is 0 Å². The van der Waals surface area contributed by atoms with Crippen molar-refractivity contribution in [2.45, 2.75) is 45.1 Å². The molecule has 1 aliphatic carbocycles. The number of hydrogen-bond donors (Lipinski definition) is 1. The van der Waals surface area contributed by atoms with E-state index in [1.54, 1.807) is 0 Å². The van der Waals surface area contributed by atoms with Gasteiger partial charge in [0.1, 0.15) is 0 Å². The third-order valence-electron chi connectivity index (χ3n) is 3.46. The highest BCUT2D eigenvalue weighted by Gasteiger charge is 2.41. The molecule has 0 saturated heterocycles. The highest BCUT2D eigenvalue weighted by atomic mass is 35.5. The predicted molar refractivity (Wildman–Crippen MR) is 64.6 cm³/mol. The highest BCUT2D eigenvalue weighted by Crippen LogP contribution is 2.40. The monoisotopic (exact) mass is 242 g/mol. The van der Waals surface area contributed by atoms with Crippen LogP contribution in [0.25, 0.3) is 0 Å². The van der Waals surface area contributed by atoms with Crippen molar-refractivity contribution in [1.82, 2.24) is 9.78 Å². The minimum Gasteiger partial charge on any atom is -0.389 e. The zero-order valence-electron chi connectivity index (χ0n) is 10.1. The lowest BCUT2D eigenvalue weighted by molar-refractivity contribution is -0.0677. The van der Waals surface area contributed by atoms with E-state index in [0.29, 0.717) is 12.3 Å². The summed E-state index contributed by atoms with van der Waals surface area (Å²) in [6.45, 7) is 4.20. The number of hydrogen-bond acceptors (Lipinski definition) is 2. The third kappa shape index (κ3) is 1.98. The van der Waals surface area contributed by atoms with Crippen molar-refractivity contribution in [3.8, 4) is 0 Å². The predicted octanol–water partition coefficient (Wildman–Crippen LogP) is 2.34. The lowest BCUT2D eigenvalue weighted by atomic mass is 9.69. The fourth-order valence-electron chi connectivity index (χ4n) is 2.71. The minimum atomic E-state index is -0.554. The Hall–Kier alpha value is -0.540. The van der Waals surface area contributed by atoms with Crippen LogP contribution in [0.1, 0.15) is 38.1 Å². The van der Waals surface area contributed by atoms with Crippen molar-refractivity contribution in [3.05, 3.63) is 16.4 Å². The van der Waals surface area contributed by atoms with Gasteiger partial charge < -0.3 is 5.11 Å². The van der Waals surface area contributed by atoms with E-state index < -0.39 is 5.60 Å². The van der Waals surface area contributed by atoms with Gasteiger partial charge in [-0.15, -0.1) is 0 Å². The molecule has 1 heterocycles.